The Morgan fingerprint density at radius 1 is 1.03 bits per heavy atom. The van der Waals surface area contributed by atoms with E-state index in [0.29, 0.717) is 11.3 Å². The summed E-state index contributed by atoms with van der Waals surface area (Å²) in [5.41, 5.74) is 3.09. The third-order valence-corrected chi connectivity index (χ3v) is 6.58. The summed E-state index contributed by atoms with van der Waals surface area (Å²) < 4.78 is 0.951. The topological polar surface area (TPSA) is 74.3 Å². The predicted molar refractivity (Wildman–Crippen MR) is 130 cm³/mol. The Balaban J connectivity index is 1.42. The first kappa shape index (κ1) is 22.3. The van der Waals surface area contributed by atoms with Crippen molar-refractivity contribution in [2.75, 3.05) is 23.3 Å². The lowest BCUT2D eigenvalue weighted by atomic mass is 9.89. The largest absolute Gasteiger partial charge is 0.371 e. The Kier molecular flexibility index (Phi) is 7.05. The minimum absolute atomic E-state index is 0.0120. The van der Waals surface area contributed by atoms with Gasteiger partial charge in [0.15, 0.2) is 0 Å². The summed E-state index contributed by atoms with van der Waals surface area (Å²) in [6.45, 7) is 3.66. The molecule has 2 aliphatic rings. The lowest BCUT2D eigenvalue weighted by molar-refractivity contribution is -0.124. The van der Waals surface area contributed by atoms with Crippen LogP contribution in [0.2, 0.25) is 0 Å². The highest BCUT2D eigenvalue weighted by Crippen LogP contribution is 2.27. The first-order chi connectivity index (χ1) is 15.5. The summed E-state index contributed by atoms with van der Waals surface area (Å²) in [7, 11) is 0. The predicted octanol–water partition coefficient (Wildman–Crippen LogP) is 4.67. The highest BCUT2D eigenvalue weighted by atomic mass is 79.9. The number of hydrogen-bond acceptors (Lipinski definition) is 4. The van der Waals surface area contributed by atoms with Crippen molar-refractivity contribution < 1.29 is 9.59 Å². The quantitative estimate of drug-likeness (QED) is 0.633. The zero-order valence-corrected chi connectivity index (χ0v) is 19.6. The van der Waals surface area contributed by atoms with E-state index in [4.69, 9.17) is 0 Å². The first-order valence-electron chi connectivity index (χ1n) is 10.9. The van der Waals surface area contributed by atoms with Crippen molar-refractivity contribution in [3.63, 3.8) is 0 Å². The molecule has 1 saturated heterocycles. The normalized spacial score (nSPS) is 19.1. The van der Waals surface area contributed by atoms with Crippen molar-refractivity contribution in [2.45, 2.75) is 26.2 Å². The molecule has 1 aliphatic carbocycles. The SMILES string of the molecule is CC1CC=CC(NC(=O)C2CCN(c3ccncc3)CC2)=C1C(=O)Nc1ccc(Br)cc1. The Morgan fingerprint density at radius 2 is 1.72 bits per heavy atom. The second-order valence-corrected chi connectivity index (χ2v) is 9.20. The van der Waals surface area contributed by atoms with Gasteiger partial charge in [-0.2, -0.15) is 0 Å². The lowest BCUT2D eigenvalue weighted by Gasteiger charge is -2.33. The number of allylic oxidation sites excluding steroid dienone is 2. The third kappa shape index (κ3) is 5.27. The summed E-state index contributed by atoms with van der Waals surface area (Å²) in [6.07, 6.45) is 9.79. The van der Waals surface area contributed by atoms with Gasteiger partial charge in [-0.05, 0) is 67.7 Å². The molecule has 32 heavy (non-hydrogen) atoms. The fraction of sp³-hybridized carbons (Fsp3) is 0.320. The summed E-state index contributed by atoms with van der Waals surface area (Å²) >= 11 is 3.40. The Hall–Kier alpha value is -2.93. The number of anilines is 2. The van der Waals surface area contributed by atoms with Crippen molar-refractivity contribution in [3.05, 3.63) is 76.7 Å². The molecule has 1 atom stereocenters. The summed E-state index contributed by atoms with van der Waals surface area (Å²) in [6, 6.07) is 11.5. The average Bonchev–Trinajstić information content (AvgIpc) is 2.81. The van der Waals surface area contributed by atoms with Gasteiger partial charge in [0.05, 0.1) is 0 Å². The van der Waals surface area contributed by atoms with E-state index in [-0.39, 0.29) is 23.7 Å². The number of aromatic nitrogens is 1. The number of benzene rings is 1. The van der Waals surface area contributed by atoms with Crippen molar-refractivity contribution >= 4 is 39.1 Å². The molecule has 1 fully saturated rings. The molecule has 2 N–H and O–H groups in total. The van der Waals surface area contributed by atoms with Crippen molar-refractivity contribution in [1.29, 1.82) is 0 Å². The zero-order valence-electron chi connectivity index (χ0n) is 18.1. The van der Waals surface area contributed by atoms with Gasteiger partial charge in [0.2, 0.25) is 5.91 Å². The van der Waals surface area contributed by atoms with Crippen LogP contribution in [-0.2, 0) is 9.59 Å². The Bertz CT molecular complexity index is 1030. The average molecular weight is 495 g/mol. The number of halogens is 1. The van der Waals surface area contributed by atoms with E-state index in [0.717, 1.165) is 48.2 Å². The molecular formula is C25H27BrN4O2. The van der Waals surface area contributed by atoms with Crippen LogP contribution in [0, 0.1) is 11.8 Å². The highest BCUT2D eigenvalue weighted by Gasteiger charge is 2.28. The highest BCUT2D eigenvalue weighted by molar-refractivity contribution is 9.10. The molecule has 1 aromatic carbocycles. The van der Waals surface area contributed by atoms with Gasteiger partial charge in [-0.15, -0.1) is 0 Å². The molecule has 0 bridgehead atoms. The number of rotatable bonds is 5. The van der Waals surface area contributed by atoms with Gasteiger partial charge < -0.3 is 15.5 Å². The maximum absolute atomic E-state index is 13.1. The van der Waals surface area contributed by atoms with Crippen molar-refractivity contribution in [2.24, 2.45) is 11.8 Å². The molecule has 6 nitrogen and oxygen atoms in total. The van der Waals surface area contributed by atoms with E-state index in [1.54, 1.807) is 12.4 Å². The number of carbonyl (C=O) groups is 2. The molecule has 0 radical (unpaired) electrons. The number of piperidine rings is 1. The molecule has 1 aromatic heterocycles. The van der Waals surface area contributed by atoms with Crippen LogP contribution < -0.4 is 15.5 Å². The minimum atomic E-state index is -0.174. The molecule has 0 spiro atoms. The molecule has 7 heteroatoms. The van der Waals surface area contributed by atoms with E-state index in [2.05, 4.69) is 36.4 Å². The van der Waals surface area contributed by atoms with E-state index < -0.39 is 0 Å². The van der Waals surface area contributed by atoms with Crippen LogP contribution in [0.15, 0.2) is 76.7 Å². The number of amides is 2. The molecule has 2 aromatic rings. The van der Waals surface area contributed by atoms with E-state index in [1.165, 1.54) is 0 Å². The van der Waals surface area contributed by atoms with E-state index in [1.807, 2.05) is 55.5 Å². The van der Waals surface area contributed by atoms with Crippen LogP contribution >= 0.6 is 15.9 Å². The van der Waals surface area contributed by atoms with E-state index in [9.17, 15) is 9.59 Å². The molecular weight excluding hydrogens is 468 g/mol. The van der Waals surface area contributed by atoms with Gasteiger partial charge in [0.1, 0.15) is 0 Å². The molecule has 2 heterocycles. The van der Waals surface area contributed by atoms with Crippen molar-refractivity contribution in [3.8, 4) is 0 Å². The molecule has 0 saturated carbocycles. The van der Waals surface area contributed by atoms with Gasteiger partial charge in [0.25, 0.3) is 5.91 Å². The molecule has 1 unspecified atom stereocenters. The maximum Gasteiger partial charge on any atom is 0.253 e. The van der Waals surface area contributed by atoms with Crippen LogP contribution in [0.1, 0.15) is 26.2 Å². The third-order valence-electron chi connectivity index (χ3n) is 6.06. The van der Waals surface area contributed by atoms with Gasteiger partial charge in [-0.25, -0.2) is 0 Å². The van der Waals surface area contributed by atoms with Gasteiger partial charge >= 0.3 is 0 Å². The second kappa shape index (κ2) is 10.1. The molecule has 4 rings (SSSR count). The van der Waals surface area contributed by atoms with Crippen molar-refractivity contribution in [1.82, 2.24) is 10.3 Å². The number of hydrogen-bond donors (Lipinski definition) is 2. The molecule has 1 aliphatic heterocycles. The van der Waals surface area contributed by atoms with Crippen LogP contribution in [0.3, 0.4) is 0 Å². The van der Waals surface area contributed by atoms with Crippen LogP contribution in [0.4, 0.5) is 11.4 Å². The molecule has 2 amide bonds. The zero-order chi connectivity index (χ0) is 22.5. The van der Waals surface area contributed by atoms with E-state index >= 15 is 0 Å². The summed E-state index contributed by atoms with van der Waals surface area (Å²) in [5.74, 6) is -0.227. The second-order valence-electron chi connectivity index (χ2n) is 8.28. The number of pyridine rings is 1. The van der Waals surface area contributed by atoms with Gasteiger partial charge in [-0.1, -0.05) is 28.9 Å². The Morgan fingerprint density at radius 3 is 2.41 bits per heavy atom. The first-order valence-corrected chi connectivity index (χ1v) is 11.7. The molecule has 166 valence electrons. The summed E-state index contributed by atoms with van der Waals surface area (Å²) in [4.78, 5) is 32.4. The van der Waals surface area contributed by atoms with Crippen LogP contribution in [-0.4, -0.2) is 29.9 Å². The number of carbonyl (C=O) groups excluding carboxylic acids is 2. The van der Waals surface area contributed by atoms with Crippen LogP contribution in [0.25, 0.3) is 0 Å². The van der Waals surface area contributed by atoms with Gasteiger partial charge in [-0.3, -0.25) is 14.6 Å². The number of nitrogens with zero attached hydrogens (tertiary/aromatic N) is 2. The standard InChI is InChI=1S/C25H27BrN4O2/c1-17-3-2-4-22(23(17)25(32)28-20-7-5-19(26)6-8-20)29-24(31)18-11-15-30(16-12-18)21-9-13-27-14-10-21/h2,4-10,13-14,17-18H,3,11-12,15-16H2,1H3,(H,28,32)(H,29,31). The fourth-order valence-electron chi connectivity index (χ4n) is 4.24. The summed E-state index contributed by atoms with van der Waals surface area (Å²) in [5, 5.41) is 6.02. The monoisotopic (exact) mass is 494 g/mol. The van der Waals surface area contributed by atoms with Crippen LogP contribution in [0.5, 0.6) is 0 Å². The fourth-order valence-corrected chi connectivity index (χ4v) is 4.50. The smallest absolute Gasteiger partial charge is 0.253 e. The number of nitrogens with one attached hydrogen (secondary N) is 2. The minimum Gasteiger partial charge on any atom is -0.371 e. The Labute approximate surface area is 196 Å². The lowest BCUT2D eigenvalue weighted by Crippen LogP contribution is -2.41. The van der Waals surface area contributed by atoms with Gasteiger partial charge in [0, 0.05) is 58.5 Å². The maximum atomic E-state index is 13.1.